The van der Waals surface area contributed by atoms with Crippen molar-refractivity contribution < 1.29 is 28.9 Å². The third-order valence-corrected chi connectivity index (χ3v) is 6.11. The van der Waals surface area contributed by atoms with Crippen molar-refractivity contribution in [3.05, 3.63) is 29.5 Å². The molecule has 11 heteroatoms. The smallest absolute Gasteiger partial charge is 0.407 e. The Morgan fingerprint density at radius 3 is 2.76 bits per heavy atom. The Hall–Kier alpha value is -3.76. The first-order valence-electron chi connectivity index (χ1n) is 12.6. The maximum absolute atomic E-state index is 12.6. The van der Waals surface area contributed by atoms with Gasteiger partial charge in [0.05, 0.1) is 12.7 Å². The maximum atomic E-state index is 12.6. The summed E-state index contributed by atoms with van der Waals surface area (Å²) < 4.78 is 16.4. The summed E-state index contributed by atoms with van der Waals surface area (Å²) in [6, 6.07) is 4.93. The molecule has 2 amide bonds. The molecule has 0 radical (unpaired) electrons. The number of nitrogens with one attached hydrogen (secondary N) is 3. The molecule has 37 heavy (non-hydrogen) atoms. The molecule has 3 rings (SSSR count). The molecule has 1 aromatic carbocycles. The third-order valence-electron chi connectivity index (χ3n) is 6.11. The number of phenols is 1. The highest BCUT2D eigenvalue weighted by molar-refractivity contribution is 5.92. The first-order chi connectivity index (χ1) is 17.7. The zero-order valence-electron chi connectivity index (χ0n) is 22.0. The van der Waals surface area contributed by atoms with E-state index in [4.69, 9.17) is 14.2 Å². The number of aliphatic imine (C=N–C) groups is 1. The van der Waals surface area contributed by atoms with Gasteiger partial charge in [-0.15, -0.1) is 0 Å². The van der Waals surface area contributed by atoms with Gasteiger partial charge in [0, 0.05) is 48.1 Å². The molecule has 1 aromatic heterocycles. The van der Waals surface area contributed by atoms with E-state index in [2.05, 4.69) is 25.8 Å². The molecule has 11 nitrogen and oxygen atoms in total. The minimum absolute atomic E-state index is 0.0199. The summed E-state index contributed by atoms with van der Waals surface area (Å²) in [7, 11) is 1.48. The van der Waals surface area contributed by atoms with Gasteiger partial charge >= 0.3 is 6.09 Å². The quantitative estimate of drug-likeness (QED) is 0.329. The number of rotatable bonds is 11. The van der Waals surface area contributed by atoms with Crippen LogP contribution in [-0.4, -0.2) is 65.4 Å². The Labute approximate surface area is 217 Å². The van der Waals surface area contributed by atoms with Crippen molar-refractivity contribution in [2.45, 2.75) is 77.5 Å². The molecule has 4 N–H and O–H groups in total. The standard InChI is InChI=1S/C26H37N5O6/c1-6-16(4)27-13-20-22(32)10-19(35-5)11-23(20)36-14-25(33)29-24-12-21(30-31-24)17-7-8-18(9-17)37-26(34)28-15(2)3/h10-13,15-18,32H,6-9,14H2,1-5H3,(H,28,34)(H2,29,30,31,33)/t16-,17-,18+/m0/s1. The number of phenolic OH excluding ortho intramolecular Hbond substituents is 1. The lowest BCUT2D eigenvalue weighted by Gasteiger charge is -2.14. The summed E-state index contributed by atoms with van der Waals surface area (Å²) in [6.07, 6.45) is 4.12. The highest BCUT2D eigenvalue weighted by Crippen LogP contribution is 2.36. The third kappa shape index (κ3) is 8.12. The van der Waals surface area contributed by atoms with Crippen molar-refractivity contribution in [1.29, 1.82) is 0 Å². The maximum Gasteiger partial charge on any atom is 0.407 e. The number of hydrogen-bond acceptors (Lipinski definition) is 8. The van der Waals surface area contributed by atoms with Gasteiger partial charge < -0.3 is 30.0 Å². The molecule has 0 aliphatic heterocycles. The average molecular weight is 516 g/mol. The summed E-state index contributed by atoms with van der Waals surface area (Å²) in [5.41, 5.74) is 1.24. The molecule has 3 atom stereocenters. The molecule has 1 fully saturated rings. The lowest BCUT2D eigenvalue weighted by atomic mass is 10.0. The first kappa shape index (κ1) is 27.8. The number of aromatic amines is 1. The SMILES string of the molecule is CC[C@H](C)N=Cc1c(O)cc(OC)cc1OCC(=O)Nc1cc([C@H]2CC[C@@H](OC(=O)NC(C)C)C2)[nH]n1. The number of carbonyl (C=O) groups is 2. The molecule has 0 bridgehead atoms. The number of amides is 2. The number of benzene rings is 1. The fourth-order valence-electron chi connectivity index (χ4n) is 3.94. The zero-order chi connectivity index (χ0) is 26.9. The van der Waals surface area contributed by atoms with Gasteiger partial charge in [-0.05, 0) is 46.5 Å². The second kappa shape index (κ2) is 13.0. The zero-order valence-corrected chi connectivity index (χ0v) is 22.0. The lowest BCUT2D eigenvalue weighted by molar-refractivity contribution is -0.118. The van der Waals surface area contributed by atoms with Crippen LogP contribution in [-0.2, 0) is 9.53 Å². The van der Waals surface area contributed by atoms with Crippen molar-refractivity contribution in [2.75, 3.05) is 19.0 Å². The fraction of sp³-hybridized carbons (Fsp3) is 0.538. The highest BCUT2D eigenvalue weighted by Gasteiger charge is 2.30. The number of aromatic hydroxyl groups is 1. The van der Waals surface area contributed by atoms with E-state index in [9.17, 15) is 14.7 Å². The van der Waals surface area contributed by atoms with Crippen LogP contribution in [0.1, 0.15) is 70.6 Å². The number of anilines is 1. The molecular formula is C26H37N5O6. The van der Waals surface area contributed by atoms with E-state index in [0.29, 0.717) is 23.6 Å². The summed E-state index contributed by atoms with van der Waals surface area (Å²) in [4.78, 5) is 28.8. The van der Waals surface area contributed by atoms with E-state index in [1.165, 1.54) is 13.2 Å². The van der Waals surface area contributed by atoms with Crippen LogP contribution in [0.15, 0.2) is 23.2 Å². The number of alkyl carbamates (subject to hydrolysis) is 1. The number of nitrogens with zero attached hydrogens (tertiary/aromatic N) is 2. The Morgan fingerprint density at radius 1 is 1.27 bits per heavy atom. The molecule has 2 aromatic rings. The lowest BCUT2D eigenvalue weighted by Crippen LogP contribution is -2.33. The van der Waals surface area contributed by atoms with E-state index in [0.717, 1.165) is 25.0 Å². The summed E-state index contributed by atoms with van der Waals surface area (Å²) in [6.45, 7) is 7.44. The topological polar surface area (TPSA) is 147 Å². The predicted octanol–water partition coefficient (Wildman–Crippen LogP) is 4.13. The van der Waals surface area contributed by atoms with E-state index >= 15 is 0 Å². The number of aromatic nitrogens is 2. The van der Waals surface area contributed by atoms with Gasteiger partial charge in [-0.3, -0.25) is 14.9 Å². The Balaban J connectivity index is 1.56. The van der Waals surface area contributed by atoms with Crippen LogP contribution in [0.4, 0.5) is 10.6 Å². The van der Waals surface area contributed by atoms with Gasteiger partial charge in [0.1, 0.15) is 23.4 Å². The molecule has 1 saturated carbocycles. The van der Waals surface area contributed by atoms with Crippen molar-refractivity contribution in [3.8, 4) is 17.2 Å². The number of ether oxygens (including phenoxy) is 3. The molecule has 0 spiro atoms. The van der Waals surface area contributed by atoms with E-state index in [1.54, 1.807) is 18.3 Å². The van der Waals surface area contributed by atoms with Crippen molar-refractivity contribution in [1.82, 2.24) is 15.5 Å². The van der Waals surface area contributed by atoms with Crippen molar-refractivity contribution in [3.63, 3.8) is 0 Å². The van der Waals surface area contributed by atoms with Crippen molar-refractivity contribution in [2.24, 2.45) is 4.99 Å². The molecule has 1 aliphatic carbocycles. The van der Waals surface area contributed by atoms with Crippen LogP contribution in [0.5, 0.6) is 17.2 Å². The van der Waals surface area contributed by atoms with Crippen molar-refractivity contribution >= 4 is 24.0 Å². The van der Waals surface area contributed by atoms with Crippen LogP contribution < -0.4 is 20.1 Å². The van der Waals surface area contributed by atoms with Gasteiger partial charge in [-0.1, -0.05) is 6.92 Å². The fourth-order valence-corrected chi connectivity index (χ4v) is 3.94. The highest BCUT2D eigenvalue weighted by atomic mass is 16.6. The number of hydrogen-bond donors (Lipinski definition) is 4. The Morgan fingerprint density at radius 2 is 2.05 bits per heavy atom. The largest absolute Gasteiger partial charge is 0.507 e. The summed E-state index contributed by atoms with van der Waals surface area (Å²) in [5.74, 6) is 0.727. The number of carbonyl (C=O) groups excluding carboxylic acids is 2. The second-order valence-electron chi connectivity index (χ2n) is 9.48. The normalized spacial score (nSPS) is 18.1. The molecule has 1 heterocycles. The second-order valence-corrected chi connectivity index (χ2v) is 9.48. The van der Waals surface area contributed by atoms with Crippen LogP contribution in [0.25, 0.3) is 0 Å². The number of H-pyrrole nitrogens is 1. The van der Waals surface area contributed by atoms with E-state index < -0.39 is 12.0 Å². The Bertz CT molecular complexity index is 1100. The summed E-state index contributed by atoms with van der Waals surface area (Å²) in [5, 5.41) is 23.0. The Kier molecular flexibility index (Phi) is 9.76. The predicted molar refractivity (Wildman–Crippen MR) is 140 cm³/mol. The molecule has 202 valence electrons. The van der Waals surface area contributed by atoms with E-state index in [1.807, 2.05) is 27.7 Å². The number of methoxy groups -OCH3 is 1. The molecule has 1 aliphatic rings. The van der Waals surface area contributed by atoms with Gasteiger partial charge in [-0.2, -0.15) is 5.10 Å². The average Bonchev–Trinajstić information content (AvgIpc) is 3.50. The molecule has 0 saturated heterocycles. The van der Waals surface area contributed by atoms with Gasteiger partial charge in [0.25, 0.3) is 5.91 Å². The van der Waals surface area contributed by atoms with Gasteiger partial charge in [0.15, 0.2) is 12.4 Å². The monoisotopic (exact) mass is 515 g/mol. The molecular weight excluding hydrogens is 478 g/mol. The van der Waals surface area contributed by atoms with Crippen LogP contribution >= 0.6 is 0 Å². The molecule has 0 unspecified atom stereocenters. The minimum atomic E-state index is -0.414. The van der Waals surface area contributed by atoms with Crippen LogP contribution in [0.3, 0.4) is 0 Å². The van der Waals surface area contributed by atoms with Crippen LogP contribution in [0, 0.1) is 0 Å². The van der Waals surface area contributed by atoms with E-state index in [-0.39, 0.29) is 42.2 Å². The van der Waals surface area contributed by atoms with Gasteiger partial charge in [0.2, 0.25) is 0 Å². The minimum Gasteiger partial charge on any atom is -0.507 e. The summed E-state index contributed by atoms with van der Waals surface area (Å²) >= 11 is 0. The van der Waals surface area contributed by atoms with Crippen LogP contribution in [0.2, 0.25) is 0 Å². The van der Waals surface area contributed by atoms with Gasteiger partial charge in [-0.25, -0.2) is 4.79 Å². The first-order valence-corrected chi connectivity index (χ1v) is 12.6.